The summed E-state index contributed by atoms with van der Waals surface area (Å²) in [7, 11) is 0. The topological polar surface area (TPSA) is 40.6 Å². The van der Waals surface area contributed by atoms with E-state index in [-0.39, 0.29) is 17.9 Å². The lowest BCUT2D eigenvalue weighted by molar-refractivity contribution is -0.158. The summed E-state index contributed by atoms with van der Waals surface area (Å²) in [6.45, 7) is 1.78. The quantitative estimate of drug-likeness (QED) is 0.619. The number of carbonyl (C=O) groups excluding carboxylic acids is 2. The van der Waals surface area contributed by atoms with E-state index < -0.39 is 0 Å². The second-order valence-corrected chi connectivity index (χ2v) is 10.1. The standard InChI is InChI=1S/C24H36N2O2/c27-22(6-2-1-5-21(17-7-8-17)18-9-10-18)26-20-13-11-19(12-14-20)23(26)24(28)25-15-3-4-16-25/h1,5,17-21,23H,2-4,6-16H2/b5-1+/t19?,20?,23-/m0/s1. The summed E-state index contributed by atoms with van der Waals surface area (Å²) in [6.07, 6.45) is 18.4. The van der Waals surface area contributed by atoms with Crippen molar-refractivity contribution in [1.82, 2.24) is 9.80 Å². The van der Waals surface area contributed by atoms with Crippen LogP contribution in [0.3, 0.4) is 0 Å². The molecule has 2 amide bonds. The number of rotatable bonds is 7. The molecule has 3 aliphatic carbocycles. The summed E-state index contributed by atoms with van der Waals surface area (Å²) in [5, 5.41) is 0. The van der Waals surface area contributed by atoms with Gasteiger partial charge in [-0.05, 0) is 94.3 Å². The van der Waals surface area contributed by atoms with Crippen molar-refractivity contribution in [3.63, 3.8) is 0 Å². The first kappa shape index (κ1) is 18.7. The molecule has 0 aromatic carbocycles. The Morgan fingerprint density at radius 1 is 0.893 bits per heavy atom. The zero-order chi connectivity index (χ0) is 19.1. The molecule has 6 rings (SSSR count). The van der Waals surface area contributed by atoms with Crippen molar-refractivity contribution in [2.45, 2.75) is 89.1 Å². The Labute approximate surface area is 169 Å². The van der Waals surface area contributed by atoms with Crippen LogP contribution >= 0.6 is 0 Å². The molecular formula is C24H36N2O2. The largest absolute Gasteiger partial charge is 0.341 e. The van der Waals surface area contributed by atoms with E-state index in [1.165, 1.54) is 25.7 Å². The molecule has 0 unspecified atom stereocenters. The van der Waals surface area contributed by atoms with E-state index in [4.69, 9.17) is 0 Å². The Balaban J connectivity index is 1.21. The van der Waals surface area contributed by atoms with Gasteiger partial charge in [0.25, 0.3) is 0 Å². The second-order valence-electron chi connectivity index (χ2n) is 10.1. The van der Waals surface area contributed by atoms with Gasteiger partial charge in [0.15, 0.2) is 0 Å². The minimum atomic E-state index is -0.159. The van der Waals surface area contributed by atoms with E-state index in [2.05, 4.69) is 12.2 Å². The maximum Gasteiger partial charge on any atom is 0.245 e. The van der Waals surface area contributed by atoms with Crippen molar-refractivity contribution < 1.29 is 9.59 Å². The zero-order valence-corrected chi connectivity index (χ0v) is 17.2. The molecule has 28 heavy (non-hydrogen) atoms. The molecule has 2 bridgehead atoms. The van der Waals surface area contributed by atoms with Crippen molar-refractivity contribution in [3.05, 3.63) is 12.2 Å². The molecule has 6 fully saturated rings. The lowest BCUT2D eigenvalue weighted by Crippen LogP contribution is -2.62. The van der Waals surface area contributed by atoms with Gasteiger partial charge in [0.2, 0.25) is 11.8 Å². The van der Waals surface area contributed by atoms with E-state index in [1.807, 2.05) is 9.80 Å². The second kappa shape index (κ2) is 7.84. The van der Waals surface area contributed by atoms with Crippen LogP contribution in [-0.2, 0) is 9.59 Å². The molecule has 4 heteroatoms. The summed E-state index contributed by atoms with van der Waals surface area (Å²) in [4.78, 5) is 30.5. The molecule has 0 aromatic rings. The molecule has 3 saturated heterocycles. The van der Waals surface area contributed by atoms with E-state index in [1.54, 1.807) is 0 Å². The highest BCUT2D eigenvalue weighted by atomic mass is 16.2. The molecular weight excluding hydrogens is 348 g/mol. The molecule has 0 aromatic heterocycles. The van der Waals surface area contributed by atoms with Crippen LogP contribution in [0.1, 0.15) is 77.0 Å². The van der Waals surface area contributed by atoms with E-state index in [0.717, 1.165) is 75.8 Å². The van der Waals surface area contributed by atoms with Crippen molar-refractivity contribution in [2.24, 2.45) is 23.7 Å². The molecule has 3 aliphatic heterocycles. The van der Waals surface area contributed by atoms with Crippen molar-refractivity contribution in [1.29, 1.82) is 0 Å². The van der Waals surface area contributed by atoms with Gasteiger partial charge in [-0.1, -0.05) is 12.2 Å². The Morgan fingerprint density at radius 2 is 1.54 bits per heavy atom. The predicted octanol–water partition coefficient (Wildman–Crippen LogP) is 4.15. The molecule has 3 saturated carbocycles. The predicted molar refractivity (Wildman–Crippen MR) is 110 cm³/mol. The number of allylic oxidation sites excluding steroid dienone is 2. The molecule has 3 heterocycles. The third kappa shape index (κ3) is 3.76. The van der Waals surface area contributed by atoms with Gasteiger partial charge < -0.3 is 9.80 Å². The lowest BCUT2D eigenvalue weighted by Gasteiger charge is -2.51. The zero-order valence-electron chi connectivity index (χ0n) is 17.2. The molecule has 4 nitrogen and oxygen atoms in total. The summed E-state index contributed by atoms with van der Waals surface area (Å²) < 4.78 is 0. The molecule has 6 aliphatic rings. The lowest BCUT2D eigenvalue weighted by atomic mass is 9.74. The van der Waals surface area contributed by atoms with Crippen LogP contribution in [0.25, 0.3) is 0 Å². The summed E-state index contributed by atoms with van der Waals surface area (Å²) in [6, 6.07) is 0.150. The van der Waals surface area contributed by atoms with Crippen LogP contribution in [0.2, 0.25) is 0 Å². The minimum absolute atomic E-state index is 0.159. The SMILES string of the molecule is O=C([C@@H]1C2CCC(CC2)N1C(=O)CC/C=C/C(C1CC1)C1CC1)N1CCCC1. The van der Waals surface area contributed by atoms with Gasteiger partial charge in [-0.2, -0.15) is 0 Å². The van der Waals surface area contributed by atoms with Gasteiger partial charge in [-0.25, -0.2) is 0 Å². The number of carbonyl (C=O) groups is 2. The minimum Gasteiger partial charge on any atom is -0.341 e. The van der Waals surface area contributed by atoms with Crippen LogP contribution in [0, 0.1) is 23.7 Å². The first-order chi connectivity index (χ1) is 13.7. The average Bonchev–Trinajstić information content (AvgIpc) is 3.67. The number of fused-ring (bicyclic) bond motifs is 3. The first-order valence-electron chi connectivity index (χ1n) is 12.0. The van der Waals surface area contributed by atoms with Gasteiger partial charge in [-0.3, -0.25) is 9.59 Å². The van der Waals surface area contributed by atoms with Crippen LogP contribution in [0.15, 0.2) is 12.2 Å². The Hall–Kier alpha value is -1.32. The molecule has 1 atom stereocenters. The number of amides is 2. The molecule has 154 valence electrons. The highest BCUT2D eigenvalue weighted by Crippen LogP contribution is 2.50. The average molecular weight is 385 g/mol. The van der Waals surface area contributed by atoms with Gasteiger partial charge in [0.05, 0.1) is 0 Å². The monoisotopic (exact) mass is 384 g/mol. The number of hydrogen-bond donors (Lipinski definition) is 0. The van der Waals surface area contributed by atoms with Crippen molar-refractivity contribution >= 4 is 11.8 Å². The number of piperidine rings is 2. The normalized spacial score (nSPS) is 32.7. The van der Waals surface area contributed by atoms with E-state index in [9.17, 15) is 9.59 Å². The third-order valence-corrected chi connectivity index (χ3v) is 8.06. The van der Waals surface area contributed by atoms with E-state index >= 15 is 0 Å². The summed E-state index contributed by atoms with van der Waals surface area (Å²) in [5.74, 6) is 3.51. The first-order valence-corrected chi connectivity index (χ1v) is 12.0. The van der Waals surface area contributed by atoms with Crippen LogP contribution in [0.4, 0.5) is 0 Å². The van der Waals surface area contributed by atoms with E-state index in [0.29, 0.717) is 18.4 Å². The van der Waals surface area contributed by atoms with Gasteiger partial charge in [0.1, 0.15) is 6.04 Å². The third-order valence-electron chi connectivity index (χ3n) is 8.06. The molecule has 0 radical (unpaired) electrons. The van der Waals surface area contributed by atoms with Crippen molar-refractivity contribution in [3.8, 4) is 0 Å². The number of likely N-dealkylation sites (tertiary alicyclic amines) is 1. The maximum atomic E-state index is 13.2. The fourth-order valence-electron chi connectivity index (χ4n) is 6.20. The highest BCUT2D eigenvalue weighted by Gasteiger charge is 2.48. The Morgan fingerprint density at radius 3 is 2.14 bits per heavy atom. The maximum absolute atomic E-state index is 13.2. The van der Waals surface area contributed by atoms with Gasteiger partial charge in [0, 0.05) is 25.6 Å². The fraction of sp³-hybridized carbons (Fsp3) is 0.833. The smallest absolute Gasteiger partial charge is 0.245 e. The Kier molecular flexibility index (Phi) is 5.23. The highest BCUT2D eigenvalue weighted by molar-refractivity contribution is 5.89. The van der Waals surface area contributed by atoms with Crippen LogP contribution in [0.5, 0.6) is 0 Å². The van der Waals surface area contributed by atoms with Gasteiger partial charge >= 0.3 is 0 Å². The van der Waals surface area contributed by atoms with Gasteiger partial charge in [-0.15, -0.1) is 0 Å². The summed E-state index contributed by atoms with van der Waals surface area (Å²) in [5.41, 5.74) is 0. The fourth-order valence-corrected chi connectivity index (χ4v) is 6.20. The Bertz CT molecular complexity index is 611. The summed E-state index contributed by atoms with van der Waals surface area (Å²) >= 11 is 0. The van der Waals surface area contributed by atoms with Crippen molar-refractivity contribution in [2.75, 3.05) is 13.1 Å². The van der Waals surface area contributed by atoms with Crippen LogP contribution in [-0.4, -0.2) is 46.8 Å². The molecule has 0 spiro atoms. The number of nitrogens with zero attached hydrogens (tertiary/aromatic N) is 2. The number of hydrogen-bond acceptors (Lipinski definition) is 2. The molecule has 0 N–H and O–H groups in total. The van der Waals surface area contributed by atoms with Crippen LogP contribution < -0.4 is 0 Å².